The van der Waals surface area contributed by atoms with E-state index in [0.717, 1.165) is 64.1 Å². The summed E-state index contributed by atoms with van der Waals surface area (Å²) in [6.45, 7) is 0.253. The number of ketones is 2. The van der Waals surface area contributed by atoms with Crippen molar-refractivity contribution < 1.29 is 19.1 Å². The van der Waals surface area contributed by atoms with Crippen LogP contribution in [0.1, 0.15) is 85.1 Å². The SMILES string of the molecule is N#CC(C#N)=C1/C(=C/c2nc3c(s2)-c2cc4c(cc2CO3)-c2sc(/C=C3\C(=O)c5ccccc5C3=C(C#N)C#N)nc2OC42CCCCC2)C(=O)c2ccccc21. The van der Waals surface area contributed by atoms with Crippen LogP contribution in [0.4, 0.5) is 0 Å². The van der Waals surface area contributed by atoms with Crippen LogP contribution in [0.3, 0.4) is 0 Å². The van der Waals surface area contributed by atoms with E-state index in [4.69, 9.17) is 19.4 Å². The smallest absolute Gasteiger partial charge is 0.234 e. The van der Waals surface area contributed by atoms with Crippen LogP contribution >= 0.6 is 22.7 Å². The molecule has 1 spiro atoms. The van der Waals surface area contributed by atoms with Gasteiger partial charge in [0.05, 0.1) is 9.75 Å². The molecule has 0 atom stereocenters. The van der Waals surface area contributed by atoms with Crippen molar-refractivity contribution in [1.29, 1.82) is 21.0 Å². The van der Waals surface area contributed by atoms with Gasteiger partial charge in [-0.1, -0.05) is 55.0 Å². The van der Waals surface area contributed by atoms with Gasteiger partial charge in [-0.25, -0.2) is 9.97 Å². The Hall–Kier alpha value is -7.22. The molecule has 57 heavy (non-hydrogen) atoms. The molecule has 5 aromatic rings. The Morgan fingerprint density at radius 1 is 0.649 bits per heavy atom. The molecule has 0 amide bonds. The highest BCUT2D eigenvalue weighted by Crippen LogP contribution is 2.56. The van der Waals surface area contributed by atoms with Gasteiger partial charge in [-0.05, 0) is 66.7 Å². The van der Waals surface area contributed by atoms with E-state index in [2.05, 4.69) is 12.1 Å². The number of ether oxygens (including phenoxy) is 2. The molecule has 5 aliphatic rings. The third-order valence-electron chi connectivity index (χ3n) is 11.2. The average molecular weight is 777 g/mol. The summed E-state index contributed by atoms with van der Waals surface area (Å²) < 4.78 is 13.2. The van der Waals surface area contributed by atoms with E-state index in [1.54, 1.807) is 60.7 Å². The van der Waals surface area contributed by atoms with E-state index < -0.39 is 5.60 Å². The molecule has 0 radical (unpaired) electrons. The molecule has 10 nitrogen and oxygen atoms in total. The van der Waals surface area contributed by atoms with Crippen molar-refractivity contribution in [2.45, 2.75) is 44.3 Å². The number of nitrogens with zero attached hydrogens (tertiary/aromatic N) is 6. The summed E-state index contributed by atoms with van der Waals surface area (Å²) in [5.74, 6) is 0.382. The van der Waals surface area contributed by atoms with Crippen molar-refractivity contribution >= 4 is 57.5 Å². The summed E-state index contributed by atoms with van der Waals surface area (Å²) in [7, 11) is 0. The molecule has 3 aromatic carbocycles. The fourth-order valence-electron chi connectivity index (χ4n) is 8.64. The van der Waals surface area contributed by atoms with Crippen LogP contribution in [0.5, 0.6) is 11.8 Å². The van der Waals surface area contributed by atoms with E-state index in [-0.39, 0.29) is 40.5 Å². The minimum Gasteiger partial charge on any atom is -0.472 e. The first-order valence-corrected chi connectivity index (χ1v) is 19.8. The molecule has 10 rings (SSSR count). The number of carbonyl (C=O) groups excluding carboxylic acids is 2. The number of carbonyl (C=O) groups is 2. The monoisotopic (exact) mass is 776 g/mol. The number of fused-ring (bicyclic) bond motifs is 9. The maximum absolute atomic E-state index is 13.7. The normalized spacial score (nSPS) is 17.8. The zero-order valence-electron chi connectivity index (χ0n) is 29.8. The highest BCUT2D eigenvalue weighted by Gasteiger charge is 2.45. The van der Waals surface area contributed by atoms with Gasteiger partial charge in [0.15, 0.2) is 11.6 Å². The number of allylic oxidation sites excluding steroid dienone is 6. The largest absolute Gasteiger partial charge is 0.472 e. The quantitative estimate of drug-likeness (QED) is 0.124. The summed E-state index contributed by atoms with van der Waals surface area (Å²) in [6.07, 6.45) is 7.94. The molecule has 0 saturated heterocycles. The average Bonchev–Trinajstić information content (AvgIpc) is 3.99. The minimum atomic E-state index is -0.631. The fraction of sp³-hybridized carbons (Fsp3) is 0.156. The van der Waals surface area contributed by atoms with Gasteiger partial charge in [0, 0.05) is 50.1 Å². The van der Waals surface area contributed by atoms with Crippen LogP contribution < -0.4 is 9.47 Å². The molecular weight excluding hydrogens is 753 g/mol. The van der Waals surface area contributed by atoms with Gasteiger partial charge < -0.3 is 9.47 Å². The van der Waals surface area contributed by atoms with Crippen molar-refractivity contribution in [3.63, 3.8) is 0 Å². The van der Waals surface area contributed by atoms with Crippen LogP contribution in [0.25, 0.3) is 44.2 Å². The summed E-state index contributed by atoms with van der Waals surface area (Å²) in [5, 5.41) is 40.3. The minimum absolute atomic E-state index is 0.136. The van der Waals surface area contributed by atoms with Gasteiger partial charge in [-0.2, -0.15) is 21.0 Å². The van der Waals surface area contributed by atoms with E-state index in [1.807, 2.05) is 24.3 Å². The number of benzene rings is 3. The lowest BCUT2D eigenvalue weighted by Crippen LogP contribution is -2.38. The van der Waals surface area contributed by atoms with Gasteiger partial charge >= 0.3 is 0 Å². The molecule has 0 bridgehead atoms. The summed E-state index contributed by atoms with van der Waals surface area (Å²) in [4.78, 5) is 38.6. The van der Waals surface area contributed by atoms with E-state index in [0.29, 0.717) is 55.2 Å². The van der Waals surface area contributed by atoms with Gasteiger partial charge in [-0.3, -0.25) is 9.59 Å². The number of hydrogen-bond donors (Lipinski definition) is 0. The summed E-state index contributed by atoms with van der Waals surface area (Å²) in [5.41, 5.74) is 6.08. The molecule has 2 aliphatic heterocycles. The number of thiazole rings is 2. The highest BCUT2D eigenvalue weighted by atomic mass is 32.1. The molecule has 0 N–H and O–H groups in total. The number of Topliss-reactive ketones (excluding diaryl/α,β-unsaturated/α-hetero) is 2. The van der Waals surface area contributed by atoms with Crippen LogP contribution in [0.15, 0.2) is 83.0 Å². The van der Waals surface area contributed by atoms with Crippen molar-refractivity contribution in [3.8, 4) is 56.9 Å². The van der Waals surface area contributed by atoms with Crippen LogP contribution in [0.2, 0.25) is 0 Å². The Kier molecular flexibility index (Phi) is 7.78. The first-order valence-electron chi connectivity index (χ1n) is 18.2. The fourth-order valence-corrected chi connectivity index (χ4v) is 10.6. The second-order valence-corrected chi connectivity index (χ2v) is 16.2. The van der Waals surface area contributed by atoms with Crippen molar-refractivity contribution in [3.05, 3.63) is 126 Å². The van der Waals surface area contributed by atoms with Crippen molar-refractivity contribution in [2.24, 2.45) is 0 Å². The standard InChI is InChI=1S/C45H24N6O4S2/c46-18-24(19-47)37-26-8-2-4-10-28(26)39(52)32(37)16-35-50-43-41(56-35)30-15-34-31(14-23(30)22-54-43)42-44(55-45(34)12-6-1-7-13-45)51-36(57-42)17-33-38(25(20-48)21-49)27-9-3-5-11-29(27)40(33)53/h2-5,8-11,14-17H,1,6-7,12-13,22H2/b32-16-,33-17-. The molecule has 12 heteroatoms. The zero-order chi connectivity index (χ0) is 39.0. The predicted octanol–water partition coefficient (Wildman–Crippen LogP) is 9.54. The van der Waals surface area contributed by atoms with Crippen molar-refractivity contribution in [1.82, 2.24) is 9.97 Å². The molecular formula is C45H24N6O4S2. The summed E-state index contributed by atoms with van der Waals surface area (Å²) in [6, 6.07) is 26.1. The third kappa shape index (κ3) is 5.09. The Morgan fingerprint density at radius 2 is 1.16 bits per heavy atom. The molecule has 3 aliphatic carbocycles. The van der Waals surface area contributed by atoms with Crippen LogP contribution in [0, 0.1) is 45.3 Å². The first-order chi connectivity index (χ1) is 27.9. The lowest BCUT2D eigenvalue weighted by atomic mass is 9.75. The van der Waals surface area contributed by atoms with E-state index >= 15 is 0 Å². The second-order valence-electron chi connectivity index (χ2n) is 14.2. The lowest BCUT2D eigenvalue weighted by molar-refractivity contribution is 0.0202. The maximum Gasteiger partial charge on any atom is 0.234 e. The molecule has 4 heterocycles. The molecule has 1 saturated carbocycles. The Morgan fingerprint density at radius 3 is 1.70 bits per heavy atom. The highest BCUT2D eigenvalue weighted by molar-refractivity contribution is 7.16. The third-order valence-corrected chi connectivity index (χ3v) is 13.2. The van der Waals surface area contributed by atoms with Gasteiger partial charge in [-0.15, -0.1) is 22.7 Å². The molecule has 2 aromatic heterocycles. The Labute approximate surface area is 333 Å². The lowest BCUT2D eigenvalue weighted by Gasteiger charge is -2.42. The van der Waals surface area contributed by atoms with E-state index in [9.17, 15) is 30.6 Å². The number of rotatable bonds is 2. The maximum atomic E-state index is 13.7. The number of hydrogen-bond acceptors (Lipinski definition) is 12. The number of aromatic nitrogens is 2. The molecule has 1 fully saturated rings. The van der Waals surface area contributed by atoms with Crippen molar-refractivity contribution in [2.75, 3.05) is 0 Å². The first kappa shape index (κ1) is 34.3. The predicted molar refractivity (Wildman–Crippen MR) is 212 cm³/mol. The summed E-state index contributed by atoms with van der Waals surface area (Å²) >= 11 is 2.76. The van der Waals surface area contributed by atoms with Gasteiger partial charge in [0.25, 0.3) is 0 Å². The van der Waals surface area contributed by atoms with Crippen LogP contribution in [-0.2, 0) is 12.2 Å². The molecule has 0 unspecified atom stereocenters. The second kappa shape index (κ2) is 12.9. The Balaban J connectivity index is 1.09. The van der Waals surface area contributed by atoms with Crippen LogP contribution in [-0.4, -0.2) is 21.5 Å². The van der Waals surface area contributed by atoms with Gasteiger partial charge in [0.2, 0.25) is 11.8 Å². The topological polar surface area (TPSA) is 174 Å². The van der Waals surface area contributed by atoms with E-state index in [1.165, 1.54) is 22.7 Å². The van der Waals surface area contributed by atoms with Gasteiger partial charge in [0.1, 0.15) is 57.6 Å². The molecule has 270 valence electrons. The zero-order valence-corrected chi connectivity index (χ0v) is 31.4. The Bertz CT molecular complexity index is 2980. The number of nitriles is 4.